The molecule has 0 bridgehead atoms. The third-order valence-electron chi connectivity index (χ3n) is 5.94. The second-order valence-corrected chi connectivity index (χ2v) is 7.77. The average Bonchev–Trinajstić information content (AvgIpc) is 3.09. The Morgan fingerprint density at radius 1 is 0.897 bits per heavy atom. The predicted molar refractivity (Wildman–Crippen MR) is 112 cm³/mol. The molecule has 1 atom stereocenters. The first-order valence-corrected chi connectivity index (χ1v) is 10.2. The van der Waals surface area contributed by atoms with Crippen LogP contribution in [0.15, 0.2) is 60.7 Å². The summed E-state index contributed by atoms with van der Waals surface area (Å²) >= 11 is 0. The van der Waals surface area contributed by atoms with Crippen molar-refractivity contribution in [3.05, 3.63) is 66.2 Å². The maximum absolute atomic E-state index is 13.0. The molecule has 2 aromatic rings. The summed E-state index contributed by atoms with van der Waals surface area (Å²) in [6.07, 6.45) is 1.11. The Bertz CT molecular complexity index is 850. The molecule has 0 aromatic heterocycles. The van der Waals surface area contributed by atoms with Crippen LogP contribution in [0.1, 0.15) is 12.0 Å². The van der Waals surface area contributed by atoms with Crippen molar-refractivity contribution in [2.45, 2.75) is 18.4 Å². The largest absolute Gasteiger partial charge is 0.372 e. The van der Waals surface area contributed by atoms with Crippen LogP contribution in [0.3, 0.4) is 0 Å². The average molecular weight is 393 g/mol. The van der Waals surface area contributed by atoms with Gasteiger partial charge in [0.2, 0.25) is 5.60 Å². The molecular formula is C23H27N3O3. The van der Waals surface area contributed by atoms with Crippen LogP contribution in [0.5, 0.6) is 0 Å². The molecule has 2 aliphatic rings. The van der Waals surface area contributed by atoms with Crippen molar-refractivity contribution in [3.63, 3.8) is 0 Å². The molecule has 1 unspecified atom stereocenters. The highest BCUT2D eigenvalue weighted by atomic mass is 16.3. The molecule has 6 nitrogen and oxygen atoms in total. The van der Waals surface area contributed by atoms with Crippen molar-refractivity contribution in [3.8, 4) is 0 Å². The van der Waals surface area contributed by atoms with Crippen LogP contribution in [0, 0.1) is 0 Å². The number of para-hydroxylation sites is 1. The summed E-state index contributed by atoms with van der Waals surface area (Å²) in [4.78, 5) is 31.3. The molecule has 6 heteroatoms. The summed E-state index contributed by atoms with van der Waals surface area (Å²) in [5.41, 5.74) is 0.0759. The lowest BCUT2D eigenvalue weighted by Gasteiger charge is -2.37. The molecule has 2 fully saturated rings. The van der Waals surface area contributed by atoms with Crippen LogP contribution in [0.25, 0.3) is 0 Å². The molecule has 2 aliphatic heterocycles. The number of rotatable bonds is 5. The Hall–Kier alpha value is -2.70. The molecule has 29 heavy (non-hydrogen) atoms. The zero-order valence-electron chi connectivity index (χ0n) is 16.5. The van der Waals surface area contributed by atoms with Gasteiger partial charge in [0.25, 0.3) is 11.8 Å². The minimum absolute atomic E-state index is 0.133. The number of piperazine rings is 1. The lowest BCUT2D eigenvalue weighted by atomic mass is 10.00. The second-order valence-electron chi connectivity index (χ2n) is 7.77. The highest BCUT2D eigenvalue weighted by molar-refractivity contribution is 6.16. The first kappa shape index (κ1) is 19.6. The molecule has 2 amide bonds. The van der Waals surface area contributed by atoms with E-state index >= 15 is 0 Å². The first-order valence-electron chi connectivity index (χ1n) is 10.2. The molecule has 1 N–H and O–H groups in total. The number of carbonyl (C=O) groups is 2. The van der Waals surface area contributed by atoms with Gasteiger partial charge in [0, 0.05) is 51.4 Å². The lowest BCUT2D eigenvalue weighted by molar-refractivity contribution is -0.158. The van der Waals surface area contributed by atoms with Gasteiger partial charge >= 0.3 is 0 Å². The fourth-order valence-electron chi connectivity index (χ4n) is 4.13. The van der Waals surface area contributed by atoms with Gasteiger partial charge in [-0.3, -0.25) is 14.5 Å². The third kappa shape index (κ3) is 4.04. The molecule has 0 saturated carbocycles. The van der Waals surface area contributed by atoms with Gasteiger partial charge in [-0.15, -0.1) is 0 Å². The standard InChI is InChI=1S/C23H27N3O3/c27-21(23(29)12-14-26(22(23)28)20-9-5-2-6-10-20)25-17-15-24(16-18-25)13-11-19-7-3-1-4-8-19/h1-10,29H,11-18H2. The number of carbonyl (C=O) groups excluding carboxylic acids is 2. The topological polar surface area (TPSA) is 64.1 Å². The Balaban J connectivity index is 1.33. The van der Waals surface area contributed by atoms with Gasteiger partial charge in [-0.1, -0.05) is 48.5 Å². The third-order valence-corrected chi connectivity index (χ3v) is 5.94. The Morgan fingerprint density at radius 3 is 2.17 bits per heavy atom. The molecule has 2 saturated heterocycles. The molecule has 2 aromatic carbocycles. The fraction of sp³-hybridized carbons (Fsp3) is 0.391. The number of hydrogen-bond acceptors (Lipinski definition) is 4. The Morgan fingerprint density at radius 2 is 1.52 bits per heavy atom. The van der Waals surface area contributed by atoms with E-state index in [9.17, 15) is 14.7 Å². The molecule has 0 aliphatic carbocycles. The van der Waals surface area contributed by atoms with Crippen LogP contribution in [0.2, 0.25) is 0 Å². The summed E-state index contributed by atoms with van der Waals surface area (Å²) in [7, 11) is 0. The van der Waals surface area contributed by atoms with Crippen LogP contribution in [-0.2, 0) is 16.0 Å². The Kier molecular flexibility index (Phi) is 5.65. The highest BCUT2D eigenvalue weighted by Crippen LogP contribution is 2.30. The lowest BCUT2D eigenvalue weighted by Crippen LogP contribution is -2.58. The van der Waals surface area contributed by atoms with E-state index in [4.69, 9.17) is 0 Å². The molecule has 2 heterocycles. The monoisotopic (exact) mass is 393 g/mol. The molecule has 4 rings (SSSR count). The van der Waals surface area contributed by atoms with Crippen molar-refractivity contribution in [1.29, 1.82) is 0 Å². The predicted octanol–water partition coefficient (Wildman–Crippen LogP) is 1.54. The maximum atomic E-state index is 13.0. The van der Waals surface area contributed by atoms with E-state index in [-0.39, 0.29) is 6.42 Å². The smallest absolute Gasteiger partial charge is 0.268 e. The van der Waals surface area contributed by atoms with E-state index < -0.39 is 17.4 Å². The SMILES string of the molecule is O=C(N1CCN(CCc2ccccc2)CC1)C1(O)CCN(c2ccccc2)C1=O. The minimum atomic E-state index is -1.94. The van der Waals surface area contributed by atoms with E-state index in [1.54, 1.807) is 4.90 Å². The van der Waals surface area contributed by atoms with Gasteiger partial charge in [0.1, 0.15) is 0 Å². The molecule has 152 valence electrons. The quantitative estimate of drug-likeness (QED) is 0.783. The van der Waals surface area contributed by atoms with Crippen LogP contribution in [-0.4, -0.2) is 71.6 Å². The number of benzene rings is 2. The number of hydrogen-bond donors (Lipinski definition) is 1. The van der Waals surface area contributed by atoms with Crippen molar-refractivity contribution in [2.24, 2.45) is 0 Å². The van der Waals surface area contributed by atoms with E-state index in [1.807, 2.05) is 48.5 Å². The Labute approximate surface area is 171 Å². The second kappa shape index (κ2) is 8.35. The summed E-state index contributed by atoms with van der Waals surface area (Å²) in [5.74, 6) is -0.969. The zero-order chi connectivity index (χ0) is 20.3. The van der Waals surface area contributed by atoms with Crippen molar-refractivity contribution in [2.75, 3.05) is 44.2 Å². The number of amides is 2. The van der Waals surface area contributed by atoms with Crippen molar-refractivity contribution in [1.82, 2.24) is 9.80 Å². The molecule has 0 spiro atoms. The van der Waals surface area contributed by atoms with Gasteiger partial charge in [-0.05, 0) is 24.1 Å². The van der Waals surface area contributed by atoms with Crippen LogP contribution >= 0.6 is 0 Å². The zero-order valence-corrected chi connectivity index (χ0v) is 16.5. The first-order chi connectivity index (χ1) is 14.1. The molecule has 0 radical (unpaired) electrons. The number of anilines is 1. The van der Waals surface area contributed by atoms with Crippen LogP contribution in [0.4, 0.5) is 5.69 Å². The van der Waals surface area contributed by atoms with E-state index in [2.05, 4.69) is 17.0 Å². The van der Waals surface area contributed by atoms with Gasteiger partial charge in [0.15, 0.2) is 0 Å². The summed E-state index contributed by atoms with van der Waals surface area (Å²) in [6.45, 7) is 3.87. The fourth-order valence-corrected chi connectivity index (χ4v) is 4.13. The van der Waals surface area contributed by atoms with Gasteiger partial charge in [-0.2, -0.15) is 0 Å². The summed E-state index contributed by atoms with van der Waals surface area (Å²) in [5, 5.41) is 10.9. The van der Waals surface area contributed by atoms with E-state index in [0.29, 0.717) is 25.3 Å². The van der Waals surface area contributed by atoms with Gasteiger partial charge < -0.3 is 14.9 Å². The van der Waals surface area contributed by atoms with Crippen LogP contribution < -0.4 is 4.90 Å². The van der Waals surface area contributed by atoms with Gasteiger partial charge in [-0.25, -0.2) is 0 Å². The van der Waals surface area contributed by atoms with E-state index in [1.165, 1.54) is 10.5 Å². The van der Waals surface area contributed by atoms with E-state index in [0.717, 1.165) is 26.1 Å². The summed E-state index contributed by atoms with van der Waals surface area (Å²) < 4.78 is 0. The maximum Gasteiger partial charge on any atom is 0.268 e. The van der Waals surface area contributed by atoms with Crippen molar-refractivity contribution >= 4 is 17.5 Å². The summed E-state index contributed by atoms with van der Waals surface area (Å²) in [6, 6.07) is 19.6. The number of aliphatic hydroxyl groups is 1. The van der Waals surface area contributed by atoms with Gasteiger partial charge in [0.05, 0.1) is 0 Å². The van der Waals surface area contributed by atoms with Crippen molar-refractivity contribution < 1.29 is 14.7 Å². The number of nitrogens with zero attached hydrogens (tertiary/aromatic N) is 3. The highest BCUT2D eigenvalue weighted by Gasteiger charge is 2.53. The molecular weight excluding hydrogens is 366 g/mol. The minimum Gasteiger partial charge on any atom is -0.372 e. The normalized spacial score (nSPS) is 22.9.